The Kier molecular flexibility index (Phi) is 8.05. The van der Waals surface area contributed by atoms with E-state index in [2.05, 4.69) is 5.32 Å². The van der Waals surface area contributed by atoms with Crippen molar-refractivity contribution in [1.29, 1.82) is 0 Å². The van der Waals surface area contributed by atoms with Crippen LogP contribution in [0.3, 0.4) is 0 Å². The minimum atomic E-state index is -1.11. The summed E-state index contributed by atoms with van der Waals surface area (Å²) in [7, 11) is 3.90. The van der Waals surface area contributed by atoms with E-state index in [-0.39, 0.29) is 30.6 Å². The lowest BCUT2D eigenvalue weighted by Crippen LogP contribution is -2.56. The highest BCUT2D eigenvalue weighted by atomic mass is 19.1. The fraction of sp³-hybridized carbons (Fsp3) is 0.286. The third kappa shape index (κ3) is 6.01. The number of carbonyl (C=O) groups excluding carboxylic acids is 2. The van der Waals surface area contributed by atoms with Crippen molar-refractivity contribution in [2.75, 3.05) is 24.3 Å². The Morgan fingerprint density at radius 1 is 0.882 bits per heavy atom. The molecule has 0 fully saturated rings. The first-order valence-electron chi connectivity index (χ1n) is 11.4. The van der Waals surface area contributed by atoms with Crippen LogP contribution < -0.4 is 10.2 Å². The van der Waals surface area contributed by atoms with Crippen LogP contribution in [0.1, 0.15) is 31.4 Å². The molecule has 0 spiro atoms. The van der Waals surface area contributed by atoms with Crippen LogP contribution in [0.15, 0.2) is 78.9 Å². The van der Waals surface area contributed by atoms with E-state index in [1.165, 1.54) is 12.1 Å². The Morgan fingerprint density at radius 2 is 1.50 bits per heavy atom. The lowest BCUT2D eigenvalue weighted by atomic mass is 9.92. The van der Waals surface area contributed by atoms with Gasteiger partial charge in [-0.2, -0.15) is 0 Å². The molecule has 1 N–H and O–H groups in total. The van der Waals surface area contributed by atoms with Crippen LogP contribution in [0.5, 0.6) is 0 Å². The second-order valence-corrected chi connectivity index (χ2v) is 8.79. The van der Waals surface area contributed by atoms with E-state index in [1.54, 1.807) is 24.0 Å². The first-order valence-corrected chi connectivity index (χ1v) is 11.4. The van der Waals surface area contributed by atoms with Crippen molar-refractivity contribution in [2.45, 2.75) is 38.8 Å². The van der Waals surface area contributed by atoms with Gasteiger partial charge in [-0.15, -0.1) is 0 Å². The van der Waals surface area contributed by atoms with Gasteiger partial charge in [0.15, 0.2) is 0 Å². The molecule has 0 saturated carbocycles. The summed E-state index contributed by atoms with van der Waals surface area (Å²) in [6.45, 7) is 3.87. The zero-order chi connectivity index (χ0) is 24.7. The highest BCUT2D eigenvalue weighted by Gasteiger charge is 2.40. The molecule has 0 aliphatic carbocycles. The van der Waals surface area contributed by atoms with Crippen LogP contribution in [0.4, 0.5) is 15.8 Å². The van der Waals surface area contributed by atoms with E-state index in [0.29, 0.717) is 12.1 Å². The van der Waals surface area contributed by atoms with E-state index in [9.17, 15) is 14.0 Å². The average Bonchev–Trinajstić information content (AvgIpc) is 2.84. The summed E-state index contributed by atoms with van der Waals surface area (Å²) in [6.07, 6.45) is 0.582. The number of nitrogens with zero attached hydrogens (tertiary/aromatic N) is 2. The molecule has 0 heterocycles. The fourth-order valence-corrected chi connectivity index (χ4v) is 3.76. The smallest absolute Gasteiger partial charge is 0.250 e. The third-order valence-corrected chi connectivity index (χ3v) is 6.17. The van der Waals surface area contributed by atoms with Crippen molar-refractivity contribution in [3.05, 3.63) is 95.8 Å². The summed E-state index contributed by atoms with van der Waals surface area (Å²) >= 11 is 0. The van der Waals surface area contributed by atoms with Crippen LogP contribution >= 0.6 is 0 Å². The second-order valence-electron chi connectivity index (χ2n) is 8.79. The van der Waals surface area contributed by atoms with Crippen molar-refractivity contribution in [3.8, 4) is 0 Å². The summed E-state index contributed by atoms with van der Waals surface area (Å²) in [4.78, 5) is 30.7. The fourth-order valence-electron chi connectivity index (χ4n) is 3.76. The summed E-state index contributed by atoms with van der Waals surface area (Å²) in [6, 6.07) is 23.0. The van der Waals surface area contributed by atoms with Gasteiger partial charge >= 0.3 is 0 Å². The normalized spacial score (nSPS) is 12.5. The number of carbonyl (C=O) groups is 2. The molecule has 1 atom stereocenters. The van der Waals surface area contributed by atoms with Crippen LogP contribution in [-0.2, 0) is 22.6 Å². The van der Waals surface area contributed by atoms with Crippen LogP contribution in [-0.4, -0.2) is 36.3 Å². The van der Waals surface area contributed by atoms with Crippen LogP contribution in [0, 0.1) is 5.82 Å². The number of amides is 2. The molecule has 178 valence electrons. The molecular weight excluding hydrogens is 429 g/mol. The highest BCUT2D eigenvalue weighted by molar-refractivity contribution is 6.00. The maximum absolute atomic E-state index is 13.6. The summed E-state index contributed by atoms with van der Waals surface area (Å²) < 4.78 is 13.5. The molecule has 3 aromatic carbocycles. The zero-order valence-corrected chi connectivity index (χ0v) is 20.2. The second kappa shape index (κ2) is 11.0. The lowest BCUT2D eigenvalue weighted by molar-refractivity contribution is -0.145. The van der Waals surface area contributed by atoms with Gasteiger partial charge in [0, 0.05) is 32.0 Å². The molecule has 0 aromatic heterocycles. The topological polar surface area (TPSA) is 52.7 Å². The average molecular weight is 462 g/mol. The maximum atomic E-state index is 13.6. The molecule has 0 radical (unpaired) electrons. The van der Waals surface area contributed by atoms with Gasteiger partial charge in [0.2, 0.25) is 11.8 Å². The van der Waals surface area contributed by atoms with Gasteiger partial charge in [-0.3, -0.25) is 9.59 Å². The molecule has 3 aromatic rings. The highest BCUT2D eigenvalue weighted by Crippen LogP contribution is 2.26. The number of benzene rings is 3. The Bertz CT molecular complexity index is 1100. The van der Waals surface area contributed by atoms with Crippen molar-refractivity contribution in [2.24, 2.45) is 0 Å². The number of nitrogens with one attached hydrogen (secondary N) is 1. The summed E-state index contributed by atoms with van der Waals surface area (Å²) in [5.74, 6) is -0.780. The molecule has 1 unspecified atom stereocenters. The zero-order valence-electron chi connectivity index (χ0n) is 20.2. The van der Waals surface area contributed by atoms with Gasteiger partial charge in [-0.1, -0.05) is 49.4 Å². The van der Waals surface area contributed by atoms with E-state index in [4.69, 9.17) is 0 Å². The Hall–Kier alpha value is -3.67. The molecule has 0 aliphatic rings. The first kappa shape index (κ1) is 25.0. The van der Waals surface area contributed by atoms with Crippen molar-refractivity contribution >= 4 is 23.2 Å². The van der Waals surface area contributed by atoms with Gasteiger partial charge in [0.05, 0.1) is 6.42 Å². The standard InChI is InChI=1S/C28H32FN3O2/c1-5-28(2,27(34)30-24-15-17-25(18-16-24)31(3)4)32(20-22-11-13-23(29)14-12-22)26(33)19-21-9-7-6-8-10-21/h6-18H,5,19-20H2,1-4H3,(H,30,34). The van der Waals surface area contributed by atoms with Crippen molar-refractivity contribution < 1.29 is 14.0 Å². The first-order chi connectivity index (χ1) is 16.2. The van der Waals surface area contributed by atoms with Gasteiger partial charge in [0.1, 0.15) is 11.4 Å². The van der Waals surface area contributed by atoms with Gasteiger partial charge in [0.25, 0.3) is 0 Å². The van der Waals surface area contributed by atoms with Crippen molar-refractivity contribution in [1.82, 2.24) is 4.90 Å². The molecule has 0 saturated heterocycles. The van der Waals surface area contributed by atoms with Crippen LogP contribution in [0.25, 0.3) is 0 Å². The predicted molar refractivity (Wildman–Crippen MR) is 135 cm³/mol. The molecular formula is C28H32FN3O2. The lowest BCUT2D eigenvalue weighted by Gasteiger charge is -2.40. The predicted octanol–water partition coefficient (Wildman–Crippen LogP) is 5.27. The maximum Gasteiger partial charge on any atom is 0.250 e. The van der Waals surface area contributed by atoms with Gasteiger partial charge in [-0.05, 0) is 60.9 Å². The Labute approximate surface area is 201 Å². The minimum Gasteiger partial charge on any atom is -0.378 e. The quantitative estimate of drug-likeness (QED) is 0.472. The summed E-state index contributed by atoms with van der Waals surface area (Å²) in [5.41, 5.74) is 2.20. The molecule has 3 rings (SSSR count). The molecule has 6 heteroatoms. The SMILES string of the molecule is CCC(C)(C(=O)Nc1ccc(N(C)C)cc1)N(Cc1ccc(F)cc1)C(=O)Cc1ccccc1. The summed E-state index contributed by atoms with van der Waals surface area (Å²) in [5, 5.41) is 2.98. The number of hydrogen-bond acceptors (Lipinski definition) is 3. The van der Waals surface area contributed by atoms with Crippen molar-refractivity contribution in [3.63, 3.8) is 0 Å². The van der Waals surface area contributed by atoms with E-state index >= 15 is 0 Å². The monoisotopic (exact) mass is 461 g/mol. The van der Waals surface area contributed by atoms with E-state index in [1.807, 2.05) is 80.5 Å². The molecule has 0 aliphatic heterocycles. The molecule has 2 amide bonds. The largest absolute Gasteiger partial charge is 0.378 e. The molecule has 0 bridgehead atoms. The van der Waals surface area contributed by atoms with E-state index < -0.39 is 5.54 Å². The van der Waals surface area contributed by atoms with Crippen LogP contribution in [0.2, 0.25) is 0 Å². The van der Waals surface area contributed by atoms with Gasteiger partial charge < -0.3 is 15.1 Å². The third-order valence-electron chi connectivity index (χ3n) is 6.17. The number of halogens is 1. The number of hydrogen-bond donors (Lipinski definition) is 1. The Balaban J connectivity index is 1.89. The molecule has 34 heavy (non-hydrogen) atoms. The molecule has 5 nitrogen and oxygen atoms in total. The minimum absolute atomic E-state index is 0.169. The van der Waals surface area contributed by atoms with E-state index in [0.717, 1.165) is 16.8 Å². The van der Waals surface area contributed by atoms with Gasteiger partial charge in [-0.25, -0.2) is 4.39 Å². The number of rotatable bonds is 9. The number of anilines is 2. The Morgan fingerprint density at radius 3 is 2.06 bits per heavy atom.